The van der Waals surface area contributed by atoms with E-state index in [9.17, 15) is 4.79 Å². The van der Waals surface area contributed by atoms with E-state index in [0.717, 1.165) is 30.8 Å². The summed E-state index contributed by atoms with van der Waals surface area (Å²) in [5.41, 5.74) is 1.50. The van der Waals surface area contributed by atoms with Gasteiger partial charge in [0.15, 0.2) is 0 Å². The third-order valence-electron chi connectivity index (χ3n) is 3.79. The first-order chi connectivity index (χ1) is 9.95. The molecule has 1 heterocycles. The Morgan fingerprint density at radius 3 is 2.43 bits per heavy atom. The Morgan fingerprint density at radius 1 is 1.24 bits per heavy atom. The summed E-state index contributed by atoms with van der Waals surface area (Å²) in [7, 11) is 0. The summed E-state index contributed by atoms with van der Waals surface area (Å²) in [6.45, 7) is 8.64. The molecule has 1 fully saturated rings. The highest BCUT2D eigenvalue weighted by atomic mass is 32.2. The van der Waals surface area contributed by atoms with Crippen molar-refractivity contribution in [2.24, 2.45) is 0 Å². The van der Waals surface area contributed by atoms with E-state index in [1.807, 2.05) is 0 Å². The maximum absolute atomic E-state index is 12.0. The summed E-state index contributed by atoms with van der Waals surface area (Å²) < 4.78 is 0. The van der Waals surface area contributed by atoms with Gasteiger partial charge in [-0.05, 0) is 49.0 Å². The Kier molecular flexibility index (Phi) is 5.71. The van der Waals surface area contributed by atoms with Crippen molar-refractivity contribution in [3.05, 3.63) is 29.8 Å². The smallest absolute Gasteiger partial charge is 0.230 e. The molecule has 2 rings (SSSR count). The summed E-state index contributed by atoms with van der Waals surface area (Å²) in [4.78, 5) is 13.1. The molecule has 0 aromatic heterocycles. The van der Waals surface area contributed by atoms with Crippen molar-refractivity contribution in [3.63, 3.8) is 0 Å². The van der Waals surface area contributed by atoms with Crippen molar-refractivity contribution in [2.75, 3.05) is 18.8 Å². The van der Waals surface area contributed by atoms with E-state index < -0.39 is 0 Å². The zero-order valence-electron chi connectivity index (χ0n) is 13.2. The van der Waals surface area contributed by atoms with E-state index in [1.165, 1.54) is 5.56 Å². The van der Waals surface area contributed by atoms with Crippen LogP contribution in [0.1, 0.15) is 39.2 Å². The number of hydrogen-bond acceptors (Lipinski definition) is 3. The van der Waals surface area contributed by atoms with E-state index in [0.29, 0.717) is 11.8 Å². The van der Waals surface area contributed by atoms with Crippen LogP contribution in [0, 0.1) is 0 Å². The minimum Gasteiger partial charge on any atom is -0.353 e. The number of hydrogen-bond donors (Lipinski definition) is 2. The maximum atomic E-state index is 12.0. The third kappa shape index (κ3) is 5.36. The fourth-order valence-corrected chi connectivity index (χ4v) is 3.15. The van der Waals surface area contributed by atoms with Gasteiger partial charge in [0, 0.05) is 10.9 Å². The van der Waals surface area contributed by atoms with E-state index in [2.05, 4.69) is 55.7 Å². The molecule has 0 saturated carbocycles. The molecular formula is C17H26N2OS. The first-order valence-corrected chi connectivity index (χ1v) is 8.67. The molecule has 116 valence electrons. The van der Waals surface area contributed by atoms with Gasteiger partial charge in [0.05, 0.1) is 5.75 Å². The van der Waals surface area contributed by atoms with Crippen molar-refractivity contribution in [3.8, 4) is 0 Å². The second kappa shape index (κ2) is 7.32. The number of amides is 1. The van der Waals surface area contributed by atoms with Gasteiger partial charge in [-0.25, -0.2) is 0 Å². The molecule has 1 aromatic carbocycles. The number of rotatable bonds is 4. The summed E-state index contributed by atoms with van der Waals surface area (Å²) in [6, 6.07) is 8.90. The first kappa shape index (κ1) is 16.4. The van der Waals surface area contributed by atoms with Gasteiger partial charge in [-0.2, -0.15) is 0 Å². The molecule has 1 amide bonds. The largest absolute Gasteiger partial charge is 0.353 e. The molecule has 0 spiro atoms. The molecule has 1 saturated heterocycles. The molecule has 0 aliphatic carbocycles. The van der Waals surface area contributed by atoms with Gasteiger partial charge in [0.25, 0.3) is 0 Å². The van der Waals surface area contributed by atoms with Crippen molar-refractivity contribution in [1.82, 2.24) is 10.6 Å². The Bertz CT molecular complexity index is 459. The molecule has 0 unspecified atom stereocenters. The molecule has 4 heteroatoms. The predicted octanol–water partition coefficient (Wildman–Crippen LogP) is 2.94. The lowest BCUT2D eigenvalue weighted by molar-refractivity contribution is -0.119. The topological polar surface area (TPSA) is 41.1 Å². The number of carbonyl (C=O) groups excluding carboxylic acids is 1. The fraction of sp³-hybridized carbons (Fsp3) is 0.588. The predicted molar refractivity (Wildman–Crippen MR) is 89.9 cm³/mol. The number of thioether (sulfide) groups is 1. The van der Waals surface area contributed by atoms with Crippen LogP contribution in [0.2, 0.25) is 0 Å². The van der Waals surface area contributed by atoms with E-state index in [1.54, 1.807) is 11.8 Å². The van der Waals surface area contributed by atoms with E-state index in [-0.39, 0.29) is 11.3 Å². The second-order valence-corrected chi connectivity index (χ2v) is 7.70. The minimum atomic E-state index is 0.145. The number of nitrogens with one attached hydrogen (secondary N) is 2. The quantitative estimate of drug-likeness (QED) is 0.840. The van der Waals surface area contributed by atoms with Gasteiger partial charge >= 0.3 is 0 Å². The Labute approximate surface area is 132 Å². The van der Waals surface area contributed by atoms with Crippen molar-refractivity contribution >= 4 is 17.7 Å². The van der Waals surface area contributed by atoms with Gasteiger partial charge in [-0.3, -0.25) is 4.79 Å². The molecule has 3 nitrogen and oxygen atoms in total. The number of carbonyl (C=O) groups is 1. The van der Waals surface area contributed by atoms with Gasteiger partial charge < -0.3 is 10.6 Å². The van der Waals surface area contributed by atoms with E-state index in [4.69, 9.17) is 0 Å². The minimum absolute atomic E-state index is 0.145. The molecule has 2 N–H and O–H groups in total. The monoisotopic (exact) mass is 306 g/mol. The van der Waals surface area contributed by atoms with Crippen molar-refractivity contribution < 1.29 is 4.79 Å². The van der Waals surface area contributed by atoms with Gasteiger partial charge in [0.1, 0.15) is 0 Å². The molecule has 0 atom stereocenters. The Morgan fingerprint density at radius 2 is 1.86 bits per heavy atom. The summed E-state index contributed by atoms with van der Waals surface area (Å²) in [5, 5.41) is 6.43. The van der Waals surface area contributed by atoms with Crippen LogP contribution in [-0.2, 0) is 10.2 Å². The van der Waals surface area contributed by atoms with Crippen LogP contribution < -0.4 is 10.6 Å². The molecular weight excluding hydrogens is 280 g/mol. The van der Waals surface area contributed by atoms with Gasteiger partial charge in [-0.1, -0.05) is 32.9 Å². The lowest BCUT2D eigenvalue weighted by Gasteiger charge is -2.23. The summed E-state index contributed by atoms with van der Waals surface area (Å²) in [6.07, 6.45) is 2.08. The lowest BCUT2D eigenvalue weighted by Crippen LogP contribution is -2.43. The Hall–Kier alpha value is -1.00. The number of benzene rings is 1. The van der Waals surface area contributed by atoms with Crippen molar-refractivity contribution in [1.29, 1.82) is 0 Å². The standard InChI is InChI=1S/C17H26N2OS/c1-17(2,3)13-4-6-15(7-5-13)21-12-16(20)19-14-8-10-18-11-9-14/h4-7,14,18H,8-12H2,1-3H3,(H,19,20). The first-order valence-electron chi connectivity index (χ1n) is 7.68. The zero-order valence-corrected chi connectivity index (χ0v) is 14.1. The highest BCUT2D eigenvalue weighted by molar-refractivity contribution is 8.00. The lowest BCUT2D eigenvalue weighted by atomic mass is 9.87. The third-order valence-corrected chi connectivity index (χ3v) is 4.81. The van der Waals surface area contributed by atoms with Crippen LogP contribution in [0.3, 0.4) is 0 Å². The summed E-state index contributed by atoms with van der Waals surface area (Å²) in [5.74, 6) is 0.644. The highest BCUT2D eigenvalue weighted by Gasteiger charge is 2.16. The van der Waals surface area contributed by atoms with E-state index >= 15 is 0 Å². The van der Waals surface area contributed by atoms with Crippen LogP contribution in [0.5, 0.6) is 0 Å². The van der Waals surface area contributed by atoms with Crippen LogP contribution in [0.4, 0.5) is 0 Å². The summed E-state index contributed by atoms with van der Waals surface area (Å²) >= 11 is 1.61. The van der Waals surface area contributed by atoms with Crippen LogP contribution >= 0.6 is 11.8 Å². The maximum Gasteiger partial charge on any atom is 0.230 e. The second-order valence-electron chi connectivity index (χ2n) is 6.65. The molecule has 21 heavy (non-hydrogen) atoms. The van der Waals surface area contributed by atoms with Gasteiger partial charge in [0.2, 0.25) is 5.91 Å². The van der Waals surface area contributed by atoms with Gasteiger partial charge in [-0.15, -0.1) is 11.8 Å². The molecule has 1 aliphatic heterocycles. The molecule has 0 bridgehead atoms. The van der Waals surface area contributed by atoms with Crippen LogP contribution in [-0.4, -0.2) is 30.8 Å². The number of piperidine rings is 1. The SMILES string of the molecule is CC(C)(C)c1ccc(SCC(=O)NC2CCNCC2)cc1. The molecule has 1 aliphatic rings. The van der Waals surface area contributed by atoms with Crippen molar-refractivity contribution in [2.45, 2.75) is 50.0 Å². The Balaban J connectivity index is 1.78. The average Bonchev–Trinajstić information content (AvgIpc) is 2.46. The molecule has 0 radical (unpaired) electrons. The average molecular weight is 306 g/mol. The normalized spacial score (nSPS) is 16.7. The van der Waals surface area contributed by atoms with Crippen LogP contribution in [0.25, 0.3) is 0 Å². The highest BCUT2D eigenvalue weighted by Crippen LogP contribution is 2.25. The molecule has 1 aromatic rings. The zero-order chi connectivity index (χ0) is 15.3. The van der Waals surface area contributed by atoms with Crippen LogP contribution in [0.15, 0.2) is 29.2 Å². The fourth-order valence-electron chi connectivity index (χ4n) is 2.44.